The molecule has 3 N–H and O–H groups in total. The van der Waals surface area contributed by atoms with Crippen LogP contribution in [0.1, 0.15) is 13.3 Å². The molecule has 0 saturated heterocycles. The molecule has 0 aliphatic carbocycles. The number of rotatable bonds is 5. The minimum atomic E-state index is -1.16. The molecular formula is C7H14N2O3. The SMILES string of the molecule is CCCNC(=O)C(NC)C(=O)O. The lowest BCUT2D eigenvalue weighted by atomic mass is 10.3. The molecule has 0 radical (unpaired) electrons. The number of aliphatic carboxylic acids is 1. The summed E-state index contributed by atoms with van der Waals surface area (Å²) in [6, 6.07) is -1.14. The molecule has 1 amide bonds. The quantitative estimate of drug-likeness (QED) is 0.476. The summed E-state index contributed by atoms with van der Waals surface area (Å²) in [6.07, 6.45) is 0.793. The van der Waals surface area contributed by atoms with Gasteiger partial charge in [-0.15, -0.1) is 0 Å². The fourth-order valence-electron chi connectivity index (χ4n) is 0.717. The molecule has 5 heteroatoms. The zero-order valence-electron chi connectivity index (χ0n) is 7.26. The topological polar surface area (TPSA) is 78.4 Å². The number of carboxylic acid groups (broad SMARTS) is 1. The highest BCUT2D eigenvalue weighted by Crippen LogP contribution is 1.83. The molecule has 0 bridgehead atoms. The molecule has 0 aliphatic heterocycles. The zero-order valence-corrected chi connectivity index (χ0v) is 7.26. The number of carbonyl (C=O) groups excluding carboxylic acids is 1. The van der Waals surface area contributed by atoms with Crippen LogP contribution in [-0.2, 0) is 9.59 Å². The maximum Gasteiger partial charge on any atom is 0.330 e. The molecule has 70 valence electrons. The van der Waals surface area contributed by atoms with Crippen molar-refractivity contribution in [1.82, 2.24) is 10.6 Å². The van der Waals surface area contributed by atoms with Crippen molar-refractivity contribution in [3.63, 3.8) is 0 Å². The first kappa shape index (κ1) is 10.9. The van der Waals surface area contributed by atoms with Crippen LogP contribution in [0.4, 0.5) is 0 Å². The molecule has 12 heavy (non-hydrogen) atoms. The molecule has 0 heterocycles. The van der Waals surface area contributed by atoms with Gasteiger partial charge in [-0.25, -0.2) is 4.79 Å². The van der Waals surface area contributed by atoms with E-state index in [-0.39, 0.29) is 0 Å². The third-order valence-electron chi connectivity index (χ3n) is 1.35. The number of carboxylic acids is 1. The molecule has 0 saturated carbocycles. The van der Waals surface area contributed by atoms with Crippen LogP contribution in [0.25, 0.3) is 0 Å². The van der Waals surface area contributed by atoms with Gasteiger partial charge in [0.05, 0.1) is 0 Å². The fourth-order valence-corrected chi connectivity index (χ4v) is 0.717. The Morgan fingerprint density at radius 1 is 1.50 bits per heavy atom. The normalized spacial score (nSPS) is 12.2. The smallest absolute Gasteiger partial charge is 0.330 e. The van der Waals surface area contributed by atoms with Crippen LogP contribution in [0.3, 0.4) is 0 Å². The third kappa shape index (κ3) is 3.34. The summed E-state index contributed by atoms with van der Waals surface area (Å²) < 4.78 is 0. The summed E-state index contributed by atoms with van der Waals surface area (Å²) in [5, 5.41) is 13.4. The Morgan fingerprint density at radius 2 is 2.08 bits per heavy atom. The number of nitrogens with one attached hydrogen (secondary N) is 2. The van der Waals surface area contributed by atoms with Crippen LogP contribution in [-0.4, -0.2) is 36.6 Å². The molecule has 0 spiro atoms. The van der Waals surface area contributed by atoms with Gasteiger partial charge in [0, 0.05) is 6.54 Å². The third-order valence-corrected chi connectivity index (χ3v) is 1.35. The summed E-state index contributed by atoms with van der Waals surface area (Å²) >= 11 is 0. The minimum absolute atomic E-state index is 0.494. The molecule has 1 atom stereocenters. The highest BCUT2D eigenvalue weighted by molar-refractivity contribution is 6.01. The van der Waals surface area contributed by atoms with E-state index in [1.165, 1.54) is 7.05 Å². The molecule has 0 aromatic heterocycles. The van der Waals surface area contributed by atoms with E-state index < -0.39 is 17.9 Å². The molecular weight excluding hydrogens is 160 g/mol. The number of hydrogen-bond donors (Lipinski definition) is 3. The van der Waals surface area contributed by atoms with Crippen LogP contribution in [0.15, 0.2) is 0 Å². The predicted octanol–water partition coefficient (Wildman–Crippen LogP) is -0.815. The Bertz CT molecular complexity index is 170. The second-order valence-corrected chi connectivity index (χ2v) is 2.35. The van der Waals surface area contributed by atoms with Gasteiger partial charge < -0.3 is 10.4 Å². The second kappa shape index (κ2) is 5.54. The number of carbonyl (C=O) groups is 2. The minimum Gasteiger partial charge on any atom is -0.480 e. The second-order valence-electron chi connectivity index (χ2n) is 2.35. The lowest BCUT2D eigenvalue weighted by Gasteiger charge is -2.10. The van der Waals surface area contributed by atoms with Gasteiger partial charge >= 0.3 is 5.97 Å². The van der Waals surface area contributed by atoms with Crippen LogP contribution < -0.4 is 10.6 Å². The van der Waals surface area contributed by atoms with Gasteiger partial charge in [0.2, 0.25) is 5.91 Å². The first-order valence-corrected chi connectivity index (χ1v) is 3.81. The largest absolute Gasteiger partial charge is 0.480 e. The van der Waals surface area contributed by atoms with Gasteiger partial charge in [0.1, 0.15) is 0 Å². The monoisotopic (exact) mass is 174 g/mol. The maximum atomic E-state index is 11.0. The summed E-state index contributed by atoms with van der Waals surface area (Å²) in [7, 11) is 1.43. The summed E-state index contributed by atoms with van der Waals surface area (Å²) in [5.74, 6) is -1.65. The van der Waals surface area contributed by atoms with E-state index in [1.807, 2.05) is 6.92 Å². The Hall–Kier alpha value is -1.10. The molecule has 0 aliphatic rings. The van der Waals surface area contributed by atoms with Gasteiger partial charge in [-0.1, -0.05) is 6.92 Å². The molecule has 0 aromatic carbocycles. The summed E-state index contributed by atoms with van der Waals surface area (Å²) in [5.41, 5.74) is 0. The maximum absolute atomic E-state index is 11.0. The zero-order chi connectivity index (χ0) is 9.56. The molecule has 1 unspecified atom stereocenters. The first-order valence-electron chi connectivity index (χ1n) is 3.81. The molecule has 0 fully saturated rings. The van der Waals surface area contributed by atoms with Crippen molar-refractivity contribution < 1.29 is 14.7 Å². The Labute approximate surface area is 71.1 Å². The summed E-state index contributed by atoms with van der Waals surface area (Å²) in [4.78, 5) is 21.4. The highest BCUT2D eigenvalue weighted by Gasteiger charge is 2.22. The van der Waals surface area contributed by atoms with Crippen LogP contribution in [0.5, 0.6) is 0 Å². The van der Waals surface area contributed by atoms with E-state index in [0.29, 0.717) is 6.54 Å². The lowest BCUT2D eigenvalue weighted by Crippen LogP contribution is -2.47. The van der Waals surface area contributed by atoms with Gasteiger partial charge in [-0.3, -0.25) is 10.1 Å². The van der Waals surface area contributed by atoms with E-state index in [1.54, 1.807) is 0 Å². The standard InChI is InChI=1S/C7H14N2O3/c1-3-4-9-6(10)5(8-2)7(11)12/h5,8H,3-4H2,1-2H3,(H,9,10)(H,11,12). The number of amides is 1. The van der Waals surface area contributed by atoms with E-state index in [0.717, 1.165) is 6.42 Å². The Kier molecular flexibility index (Phi) is 5.03. The molecule has 5 nitrogen and oxygen atoms in total. The van der Waals surface area contributed by atoms with E-state index in [9.17, 15) is 9.59 Å². The van der Waals surface area contributed by atoms with Crippen molar-refractivity contribution in [2.45, 2.75) is 19.4 Å². The van der Waals surface area contributed by atoms with E-state index in [4.69, 9.17) is 5.11 Å². The highest BCUT2D eigenvalue weighted by atomic mass is 16.4. The Balaban J connectivity index is 3.95. The van der Waals surface area contributed by atoms with Gasteiger partial charge in [0.25, 0.3) is 0 Å². The number of likely N-dealkylation sites (N-methyl/N-ethyl adjacent to an activating group) is 1. The van der Waals surface area contributed by atoms with Crippen LogP contribution in [0.2, 0.25) is 0 Å². The Morgan fingerprint density at radius 3 is 2.42 bits per heavy atom. The van der Waals surface area contributed by atoms with E-state index in [2.05, 4.69) is 10.6 Å². The number of hydrogen-bond acceptors (Lipinski definition) is 3. The van der Waals surface area contributed by atoms with E-state index >= 15 is 0 Å². The average molecular weight is 174 g/mol. The van der Waals surface area contributed by atoms with Crippen LogP contribution in [0, 0.1) is 0 Å². The lowest BCUT2D eigenvalue weighted by molar-refractivity contribution is -0.143. The van der Waals surface area contributed by atoms with Crippen molar-refractivity contribution >= 4 is 11.9 Å². The van der Waals surface area contributed by atoms with Crippen molar-refractivity contribution in [1.29, 1.82) is 0 Å². The van der Waals surface area contributed by atoms with Crippen molar-refractivity contribution in [3.05, 3.63) is 0 Å². The van der Waals surface area contributed by atoms with Gasteiger partial charge in [-0.2, -0.15) is 0 Å². The van der Waals surface area contributed by atoms with Gasteiger partial charge in [0.15, 0.2) is 6.04 Å². The van der Waals surface area contributed by atoms with Crippen LogP contribution >= 0.6 is 0 Å². The molecule has 0 rings (SSSR count). The fraction of sp³-hybridized carbons (Fsp3) is 0.714. The van der Waals surface area contributed by atoms with Crippen molar-refractivity contribution in [2.24, 2.45) is 0 Å². The van der Waals surface area contributed by atoms with Gasteiger partial charge in [-0.05, 0) is 13.5 Å². The summed E-state index contributed by atoms with van der Waals surface area (Å²) in [6.45, 7) is 2.40. The van der Waals surface area contributed by atoms with Crippen molar-refractivity contribution in [3.8, 4) is 0 Å². The first-order chi connectivity index (χ1) is 5.63. The average Bonchev–Trinajstić information content (AvgIpc) is 2.01. The van der Waals surface area contributed by atoms with Crippen molar-refractivity contribution in [2.75, 3.05) is 13.6 Å². The molecule has 0 aromatic rings. The predicted molar refractivity (Wildman–Crippen MR) is 43.8 cm³/mol.